The number of hydrogen-bond acceptors (Lipinski definition) is 7. The summed E-state index contributed by atoms with van der Waals surface area (Å²) in [5, 5.41) is 2.57. The maximum absolute atomic E-state index is 11.9. The smallest absolute Gasteiger partial charge is 0.312 e. The number of aromatic nitrogens is 1. The molecule has 0 aliphatic rings. The Labute approximate surface area is 157 Å². The predicted octanol–water partition coefficient (Wildman–Crippen LogP) is 3.53. The molecule has 0 saturated heterocycles. The number of carbonyl (C=O) groups is 2. The van der Waals surface area contributed by atoms with Gasteiger partial charge in [0.05, 0.1) is 26.3 Å². The van der Waals surface area contributed by atoms with E-state index in [2.05, 4.69) is 4.98 Å². The Bertz CT molecular complexity index is 791. The van der Waals surface area contributed by atoms with Crippen molar-refractivity contribution in [2.45, 2.75) is 27.2 Å². The van der Waals surface area contributed by atoms with Crippen molar-refractivity contribution in [2.75, 3.05) is 20.8 Å². The molecule has 0 saturated carbocycles. The fourth-order valence-corrected chi connectivity index (χ4v) is 2.87. The third kappa shape index (κ3) is 5.05. The van der Waals surface area contributed by atoms with E-state index in [4.69, 9.17) is 14.2 Å². The van der Waals surface area contributed by atoms with E-state index in [1.54, 1.807) is 40.4 Å². The van der Waals surface area contributed by atoms with Crippen molar-refractivity contribution >= 4 is 23.1 Å². The number of benzene rings is 1. The van der Waals surface area contributed by atoms with Crippen molar-refractivity contribution in [3.05, 3.63) is 29.3 Å². The van der Waals surface area contributed by atoms with Crippen molar-refractivity contribution in [3.63, 3.8) is 0 Å². The third-order valence-corrected chi connectivity index (χ3v) is 4.65. The van der Waals surface area contributed by atoms with Crippen LogP contribution in [0.5, 0.6) is 11.5 Å². The molecule has 2 rings (SSSR count). The summed E-state index contributed by atoms with van der Waals surface area (Å²) in [4.78, 5) is 28.2. The zero-order chi connectivity index (χ0) is 19.3. The average molecular weight is 377 g/mol. The number of ketones is 1. The molecule has 1 heterocycles. The zero-order valence-electron chi connectivity index (χ0n) is 15.6. The van der Waals surface area contributed by atoms with Crippen LogP contribution >= 0.6 is 11.3 Å². The molecule has 0 spiro atoms. The minimum Gasteiger partial charge on any atom is -0.493 e. The molecule has 0 aliphatic carbocycles. The summed E-state index contributed by atoms with van der Waals surface area (Å²) >= 11 is 1.42. The van der Waals surface area contributed by atoms with Crippen LogP contribution in [0.25, 0.3) is 10.6 Å². The lowest BCUT2D eigenvalue weighted by Gasteiger charge is -2.15. The molecule has 0 unspecified atom stereocenters. The van der Waals surface area contributed by atoms with Gasteiger partial charge in [-0.2, -0.15) is 0 Å². The molecule has 2 aromatic rings. The van der Waals surface area contributed by atoms with Gasteiger partial charge in [0, 0.05) is 16.4 Å². The molecule has 6 nitrogen and oxygen atoms in total. The van der Waals surface area contributed by atoms with E-state index in [1.165, 1.54) is 11.3 Å². The number of Topliss-reactive ketones (excluding diaryl/α,β-unsaturated/α-hetero) is 1. The molecule has 0 aliphatic heterocycles. The molecule has 140 valence electrons. The fourth-order valence-electron chi connectivity index (χ4n) is 2.05. The van der Waals surface area contributed by atoms with Crippen LogP contribution in [0.2, 0.25) is 0 Å². The summed E-state index contributed by atoms with van der Waals surface area (Å²) in [5.74, 6) is 0.670. The average Bonchev–Trinajstić information content (AvgIpc) is 3.06. The van der Waals surface area contributed by atoms with Crippen LogP contribution in [0.1, 0.15) is 26.5 Å². The Morgan fingerprint density at radius 1 is 1.12 bits per heavy atom. The molecule has 1 aromatic heterocycles. The normalized spacial score (nSPS) is 11.1. The molecule has 0 amide bonds. The van der Waals surface area contributed by atoms with Gasteiger partial charge in [-0.1, -0.05) is 20.8 Å². The molecule has 0 radical (unpaired) electrons. The van der Waals surface area contributed by atoms with E-state index in [0.717, 1.165) is 10.6 Å². The van der Waals surface area contributed by atoms with Crippen molar-refractivity contribution < 1.29 is 23.8 Å². The van der Waals surface area contributed by atoms with Gasteiger partial charge >= 0.3 is 5.97 Å². The van der Waals surface area contributed by atoms with Crippen molar-refractivity contribution in [3.8, 4) is 22.1 Å². The summed E-state index contributed by atoms with van der Waals surface area (Å²) in [6, 6.07) is 5.52. The number of ether oxygens (including phenoxy) is 3. The lowest BCUT2D eigenvalue weighted by molar-refractivity contribution is -0.149. The second-order valence-electron chi connectivity index (χ2n) is 6.72. The van der Waals surface area contributed by atoms with Gasteiger partial charge in [0.15, 0.2) is 23.9 Å². The lowest BCUT2D eigenvalue weighted by Crippen LogP contribution is -2.26. The highest BCUT2D eigenvalue weighted by molar-refractivity contribution is 7.13. The van der Waals surface area contributed by atoms with Crippen molar-refractivity contribution in [1.29, 1.82) is 0 Å². The van der Waals surface area contributed by atoms with Crippen LogP contribution < -0.4 is 9.47 Å². The van der Waals surface area contributed by atoms with Gasteiger partial charge < -0.3 is 14.2 Å². The largest absolute Gasteiger partial charge is 0.493 e. The number of nitrogens with zero attached hydrogens (tertiary/aromatic N) is 1. The molecule has 0 N–H and O–H groups in total. The van der Waals surface area contributed by atoms with Gasteiger partial charge in [0.1, 0.15) is 5.01 Å². The van der Waals surface area contributed by atoms with E-state index in [1.807, 2.05) is 18.2 Å². The Balaban J connectivity index is 2.01. The van der Waals surface area contributed by atoms with Gasteiger partial charge in [0.25, 0.3) is 0 Å². The van der Waals surface area contributed by atoms with E-state index < -0.39 is 11.4 Å². The molecule has 1 aromatic carbocycles. The Morgan fingerprint density at radius 2 is 1.81 bits per heavy atom. The van der Waals surface area contributed by atoms with Crippen LogP contribution in [-0.4, -0.2) is 37.6 Å². The van der Waals surface area contributed by atoms with E-state index >= 15 is 0 Å². The van der Waals surface area contributed by atoms with Gasteiger partial charge in [-0.05, 0) is 18.2 Å². The highest BCUT2D eigenvalue weighted by atomic mass is 32.1. The molecular formula is C19H23NO5S. The Morgan fingerprint density at radius 3 is 2.42 bits per heavy atom. The predicted molar refractivity (Wildman–Crippen MR) is 99.8 cm³/mol. The Kier molecular flexibility index (Phi) is 6.37. The van der Waals surface area contributed by atoms with Crippen LogP contribution in [0, 0.1) is 5.41 Å². The first kappa shape index (κ1) is 19.9. The number of esters is 1. The summed E-state index contributed by atoms with van der Waals surface area (Å²) in [6.45, 7) is 5.16. The quantitative estimate of drug-likeness (QED) is 0.687. The summed E-state index contributed by atoms with van der Waals surface area (Å²) in [7, 11) is 3.15. The minimum atomic E-state index is -0.526. The number of methoxy groups -OCH3 is 2. The first-order valence-corrected chi connectivity index (χ1v) is 8.98. The van der Waals surface area contributed by atoms with Crippen LogP contribution in [-0.2, 0) is 20.7 Å². The number of rotatable bonds is 7. The van der Waals surface area contributed by atoms with E-state index in [-0.39, 0.29) is 18.8 Å². The fraction of sp³-hybridized carbons (Fsp3) is 0.421. The first-order valence-electron chi connectivity index (χ1n) is 8.10. The van der Waals surface area contributed by atoms with E-state index in [0.29, 0.717) is 17.2 Å². The Hall–Kier alpha value is -2.41. The maximum atomic E-state index is 11.9. The molecule has 0 bridgehead atoms. The summed E-state index contributed by atoms with van der Waals surface area (Å²) < 4.78 is 15.6. The summed E-state index contributed by atoms with van der Waals surface area (Å²) in [5.41, 5.74) is 0.949. The number of carbonyl (C=O) groups excluding carboxylic acids is 2. The monoisotopic (exact) mass is 377 g/mol. The first-order chi connectivity index (χ1) is 12.2. The highest BCUT2D eigenvalue weighted by Gasteiger charge is 2.22. The van der Waals surface area contributed by atoms with Crippen LogP contribution in [0.4, 0.5) is 0 Å². The standard InChI is InChI=1S/C19H23NO5S/c1-19(2,3)16(21)10-25-17(22)9-13-11-26-18(20-13)12-6-7-14(23-4)15(8-12)24-5/h6-8,11H,9-10H2,1-5H3. The summed E-state index contributed by atoms with van der Waals surface area (Å²) in [6.07, 6.45) is 0.0290. The minimum absolute atomic E-state index is 0.0290. The molecule has 0 fully saturated rings. The topological polar surface area (TPSA) is 74.7 Å². The second kappa shape index (κ2) is 8.31. The van der Waals surface area contributed by atoms with Gasteiger partial charge in [-0.15, -0.1) is 11.3 Å². The van der Waals surface area contributed by atoms with Crippen LogP contribution in [0.3, 0.4) is 0 Å². The van der Waals surface area contributed by atoms with Crippen LogP contribution in [0.15, 0.2) is 23.6 Å². The molecule has 7 heteroatoms. The van der Waals surface area contributed by atoms with E-state index in [9.17, 15) is 9.59 Å². The third-order valence-electron chi connectivity index (χ3n) is 3.71. The van der Waals surface area contributed by atoms with Gasteiger partial charge in [0.2, 0.25) is 0 Å². The maximum Gasteiger partial charge on any atom is 0.312 e. The molecular weight excluding hydrogens is 354 g/mol. The second-order valence-corrected chi connectivity index (χ2v) is 7.58. The van der Waals surface area contributed by atoms with Gasteiger partial charge in [-0.3, -0.25) is 9.59 Å². The van der Waals surface area contributed by atoms with Crippen molar-refractivity contribution in [1.82, 2.24) is 4.98 Å². The zero-order valence-corrected chi connectivity index (χ0v) is 16.4. The lowest BCUT2D eigenvalue weighted by atomic mass is 9.91. The van der Waals surface area contributed by atoms with Gasteiger partial charge in [-0.25, -0.2) is 4.98 Å². The number of thiazole rings is 1. The molecule has 0 atom stereocenters. The highest BCUT2D eigenvalue weighted by Crippen LogP contribution is 2.33. The number of hydrogen-bond donors (Lipinski definition) is 0. The molecule has 26 heavy (non-hydrogen) atoms. The SMILES string of the molecule is COc1ccc(-c2nc(CC(=O)OCC(=O)C(C)(C)C)cs2)cc1OC. The van der Waals surface area contributed by atoms with Crippen molar-refractivity contribution in [2.24, 2.45) is 5.41 Å².